The molecule has 1 saturated heterocycles. The molecule has 0 bridgehead atoms. The van der Waals surface area contributed by atoms with Crippen LogP contribution in [0.2, 0.25) is 0 Å². The molecule has 3 unspecified atom stereocenters. The predicted octanol–water partition coefficient (Wildman–Crippen LogP) is 1.72. The third-order valence-electron chi connectivity index (χ3n) is 5.34. The summed E-state index contributed by atoms with van der Waals surface area (Å²) >= 11 is 0. The highest BCUT2D eigenvalue weighted by Crippen LogP contribution is 2.40. The average molecular weight is 344 g/mol. The van der Waals surface area contributed by atoms with Crippen LogP contribution >= 0.6 is 0 Å². The van der Waals surface area contributed by atoms with Crippen molar-refractivity contribution in [3.63, 3.8) is 0 Å². The summed E-state index contributed by atoms with van der Waals surface area (Å²) in [5, 5.41) is 0. The minimum absolute atomic E-state index is 0.0541. The number of carbonyl (C=O) groups excluding carboxylic acids is 3. The molecule has 25 heavy (non-hydrogen) atoms. The number of piperazine rings is 1. The Morgan fingerprint density at radius 1 is 1.40 bits per heavy atom. The van der Waals surface area contributed by atoms with E-state index in [0.29, 0.717) is 19.3 Å². The number of hydrogen-bond donors (Lipinski definition) is 0. The van der Waals surface area contributed by atoms with Gasteiger partial charge in [0.15, 0.2) is 0 Å². The molecular formula is C19H24N2O4. The summed E-state index contributed by atoms with van der Waals surface area (Å²) in [4.78, 5) is 39.8. The Morgan fingerprint density at radius 3 is 2.80 bits per heavy atom. The fraction of sp³-hybridized carbons (Fsp3) is 0.526. The zero-order chi connectivity index (χ0) is 18.1. The summed E-state index contributed by atoms with van der Waals surface area (Å²) in [5.74, 6) is 0.118. The minimum Gasteiger partial charge on any atom is -0.497 e. The van der Waals surface area contributed by atoms with Crippen LogP contribution in [0.4, 0.5) is 0 Å². The SMILES string of the molecule is CCCC1C(=O)N2CCc3cc(OC)ccc3C2C(C)N1C(=O)C=O. The second-order valence-electron chi connectivity index (χ2n) is 6.70. The second-order valence-corrected chi connectivity index (χ2v) is 6.70. The molecule has 0 N–H and O–H groups in total. The van der Waals surface area contributed by atoms with Gasteiger partial charge in [0.25, 0.3) is 5.91 Å². The number of nitrogens with zero attached hydrogens (tertiary/aromatic N) is 2. The van der Waals surface area contributed by atoms with Gasteiger partial charge in [-0.3, -0.25) is 14.4 Å². The van der Waals surface area contributed by atoms with E-state index in [4.69, 9.17) is 4.74 Å². The van der Waals surface area contributed by atoms with Crippen LogP contribution in [-0.2, 0) is 20.8 Å². The quantitative estimate of drug-likeness (QED) is 0.616. The van der Waals surface area contributed by atoms with Crippen molar-refractivity contribution in [2.24, 2.45) is 0 Å². The summed E-state index contributed by atoms with van der Waals surface area (Å²) in [5.41, 5.74) is 2.17. The third-order valence-corrected chi connectivity index (χ3v) is 5.34. The van der Waals surface area contributed by atoms with Crippen LogP contribution in [0.25, 0.3) is 0 Å². The first-order valence-electron chi connectivity index (χ1n) is 8.78. The Balaban J connectivity index is 2.05. The Kier molecular flexibility index (Phi) is 4.79. The van der Waals surface area contributed by atoms with E-state index in [0.717, 1.165) is 29.7 Å². The van der Waals surface area contributed by atoms with Gasteiger partial charge in [0.05, 0.1) is 19.2 Å². The first-order valence-corrected chi connectivity index (χ1v) is 8.78. The van der Waals surface area contributed by atoms with Gasteiger partial charge in [0, 0.05) is 6.54 Å². The van der Waals surface area contributed by atoms with Crippen molar-refractivity contribution in [2.75, 3.05) is 13.7 Å². The number of methoxy groups -OCH3 is 1. The Morgan fingerprint density at radius 2 is 2.16 bits per heavy atom. The average Bonchev–Trinajstić information content (AvgIpc) is 2.64. The Hall–Kier alpha value is -2.37. The van der Waals surface area contributed by atoms with E-state index in [9.17, 15) is 14.4 Å². The maximum absolute atomic E-state index is 13.1. The maximum atomic E-state index is 13.1. The number of rotatable bonds is 4. The first kappa shape index (κ1) is 17.5. The molecule has 1 fully saturated rings. The van der Waals surface area contributed by atoms with Crippen LogP contribution in [0.1, 0.15) is 43.9 Å². The molecule has 3 atom stereocenters. The highest BCUT2D eigenvalue weighted by molar-refractivity contribution is 6.24. The molecule has 1 aromatic carbocycles. The van der Waals surface area contributed by atoms with E-state index in [2.05, 4.69) is 0 Å². The summed E-state index contributed by atoms with van der Waals surface area (Å²) in [7, 11) is 1.63. The summed E-state index contributed by atoms with van der Waals surface area (Å²) in [6.07, 6.45) is 2.43. The van der Waals surface area contributed by atoms with E-state index in [-0.39, 0.29) is 18.0 Å². The van der Waals surface area contributed by atoms with Crippen molar-refractivity contribution >= 4 is 18.1 Å². The molecule has 0 aliphatic carbocycles. The van der Waals surface area contributed by atoms with Crippen molar-refractivity contribution < 1.29 is 19.1 Å². The lowest BCUT2D eigenvalue weighted by Crippen LogP contribution is -2.65. The molecule has 0 radical (unpaired) electrons. The van der Waals surface area contributed by atoms with Crippen molar-refractivity contribution in [3.05, 3.63) is 29.3 Å². The molecule has 2 aliphatic rings. The number of amides is 2. The van der Waals surface area contributed by atoms with Gasteiger partial charge in [-0.2, -0.15) is 0 Å². The number of carbonyl (C=O) groups is 3. The van der Waals surface area contributed by atoms with Crippen LogP contribution in [-0.4, -0.2) is 53.6 Å². The van der Waals surface area contributed by atoms with Gasteiger partial charge < -0.3 is 14.5 Å². The van der Waals surface area contributed by atoms with Gasteiger partial charge in [-0.15, -0.1) is 0 Å². The number of aldehydes is 1. The number of fused-ring (bicyclic) bond motifs is 3. The van der Waals surface area contributed by atoms with Crippen molar-refractivity contribution in [1.82, 2.24) is 9.80 Å². The van der Waals surface area contributed by atoms with Crippen molar-refractivity contribution in [3.8, 4) is 5.75 Å². The standard InChI is InChI=1S/C19H24N2O4/c1-4-5-16-19(24)20-9-8-13-10-14(25-3)6-7-15(13)18(20)12(2)21(16)17(23)11-22/h6-7,10-12,16,18H,4-5,8-9H2,1-3H3. The molecule has 0 saturated carbocycles. The lowest BCUT2D eigenvalue weighted by atomic mass is 9.84. The molecule has 0 spiro atoms. The number of benzene rings is 1. The number of hydrogen-bond acceptors (Lipinski definition) is 4. The lowest BCUT2D eigenvalue weighted by molar-refractivity contribution is -0.162. The highest BCUT2D eigenvalue weighted by atomic mass is 16.5. The van der Waals surface area contributed by atoms with E-state index in [1.165, 1.54) is 4.90 Å². The number of ether oxygens (including phenoxy) is 1. The molecule has 3 rings (SSSR count). The van der Waals surface area contributed by atoms with Crippen molar-refractivity contribution in [1.29, 1.82) is 0 Å². The fourth-order valence-electron chi connectivity index (χ4n) is 4.23. The van der Waals surface area contributed by atoms with Gasteiger partial charge in [0.1, 0.15) is 11.8 Å². The third kappa shape index (κ3) is 2.79. The Bertz CT molecular complexity index is 703. The van der Waals surface area contributed by atoms with Crippen LogP contribution < -0.4 is 4.74 Å². The summed E-state index contributed by atoms with van der Waals surface area (Å²) in [6, 6.07) is 4.82. The zero-order valence-electron chi connectivity index (χ0n) is 14.9. The van der Waals surface area contributed by atoms with E-state index >= 15 is 0 Å². The van der Waals surface area contributed by atoms with Gasteiger partial charge >= 0.3 is 0 Å². The smallest absolute Gasteiger partial charge is 0.287 e. The molecule has 6 nitrogen and oxygen atoms in total. The largest absolute Gasteiger partial charge is 0.497 e. The van der Waals surface area contributed by atoms with E-state index in [1.54, 1.807) is 7.11 Å². The molecule has 134 valence electrons. The Labute approximate surface area is 147 Å². The van der Waals surface area contributed by atoms with Gasteiger partial charge in [-0.25, -0.2) is 0 Å². The van der Waals surface area contributed by atoms with Crippen LogP contribution in [0.3, 0.4) is 0 Å². The highest BCUT2D eigenvalue weighted by Gasteiger charge is 2.48. The topological polar surface area (TPSA) is 66.9 Å². The first-order chi connectivity index (χ1) is 12.0. The molecular weight excluding hydrogens is 320 g/mol. The molecule has 2 heterocycles. The van der Waals surface area contributed by atoms with Gasteiger partial charge in [-0.05, 0) is 43.0 Å². The summed E-state index contributed by atoms with van der Waals surface area (Å²) < 4.78 is 5.30. The molecule has 6 heteroatoms. The molecule has 2 aliphatic heterocycles. The van der Waals surface area contributed by atoms with E-state index in [1.807, 2.05) is 36.9 Å². The van der Waals surface area contributed by atoms with E-state index < -0.39 is 11.9 Å². The van der Waals surface area contributed by atoms with Crippen molar-refractivity contribution in [2.45, 2.75) is 51.2 Å². The second kappa shape index (κ2) is 6.86. The fourth-order valence-corrected chi connectivity index (χ4v) is 4.23. The van der Waals surface area contributed by atoms with Crippen LogP contribution in [0, 0.1) is 0 Å². The van der Waals surface area contributed by atoms with Gasteiger partial charge in [0.2, 0.25) is 12.2 Å². The predicted molar refractivity (Wildman–Crippen MR) is 92.2 cm³/mol. The zero-order valence-corrected chi connectivity index (χ0v) is 14.9. The van der Waals surface area contributed by atoms with Gasteiger partial charge in [-0.1, -0.05) is 19.4 Å². The monoisotopic (exact) mass is 344 g/mol. The normalized spacial score (nSPS) is 25.2. The molecule has 0 aromatic heterocycles. The lowest BCUT2D eigenvalue weighted by Gasteiger charge is -2.52. The molecule has 2 amide bonds. The van der Waals surface area contributed by atoms with Crippen LogP contribution in [0.5, 0.6) is 5.75 Å². The minimum atomic E-state index is -0.611. The maximum Gasteiger partial charge on any atom is 0.287 e. The molecule has 1 aromatic rings. The summed E-state index contributed by atoms with van der Waals surface area (Å²) in [6.45, 7) is 4.52. The van der Waals surface area contributed by atoms with Crippen LogP contribution in [0.15, 0.2) is 18.2 Å².